The predicted molar refractivity (Wildman–Crippen MR) is 138 cm³/mol. The van der Waals surface area contributed by atoms with E-state index in [1.165, 1.54) is 5.56 Å². The summed E-state index contributed by atoms with van der Waals surface area (Å²) in [6.45, 7) is 10.1. The Bertz CT molecular complexity index is 838. The van der Waals surface area contributed by atoms with Crippen molar-refractivity contribution in [1.82, 2.24) is 29.9 Å². The lowest BCUT2D eigenvalue weighted by Gasteiger charge is -2.33. The summed E-state index contributed by atoms with van der Waals surface area (Å²) in [5, 5.41) is 8.06. The van der Waals surface area contributed by atoms with Gasteiger partial charge in [0.2, 0.25) is 0 Å². The largest absolute Gasteiger partial charge is 0.354 e. The van der Waals surface area contributed by atoms with Crippen LogP contribution in [0.15, 0.2) is 29.5 Å². The number of rotatable bonds is 6. The smallest absolute Gasteiger partial charge is 0.193 e. The molecule has 0 saturated carbocycles. The van der Waals surface area contributed by atoms with Crippen LogP contribution in [0, 0.1) is 0 Å². The van der Waals surface area contributed by atoms with Crippen molar-refractivity contribution in [2.24, 2.45) is 12.0 Å². The van der Waals surface area contributed by atoms with E-state index in [2.05, 4.69) is 81.4 Å². The van der Waals surface area contributed by atoms with Crippen molar-refractivity contribution in [1.29, 1.82) is 0 Å². The molecule has 0 unspecified atom stereocenters. The first-order chi connectivity index (χ1) is 14.4. The molecular formula is C22H37IN8. The highest BCUT2D eigenvalue weighted by Crippen LogP contribution is 2.18. The Balaban J connectivity index is 0.00000341. The van der Waals surface area contributed by atoms with E-state index in [-0.39, 0.29) is 24.0 Å². The molecule has 0 aliphatic carbocycles. The van der Waals surface area contributed by atoms with Gasteiger partial charge in [0.1, 0.15) is 5.82 Å². The third-order valence-electron chi connectivity index (χ3n) is 5.55. The zero-order valence-electron chi connectivity index (χ0n) is 19.7. The topological polar surface area (TPSA) is 64.8 Å². The fourth-order valence-corrected chi connectivity index (χ4v) is 3.80. The Labute approximate surface area is 203 Å². The van der Waals surface area contributed by atoms with Crippen LogP contribution in [-0.4, -0.2) is 77.8 Å². The molecule has 3 heterocycles. The van der Waals surface area contributed by atoms with Gasteiger partial charge in [0.05, 0.1) is 5.69 Å². The number of guanidine groups is 1. The number of aliphatic imine (C=N–C) groups is 1. The highest BCUT2D eigenvalue weighted by Gasteiger charge is 2.16. The molecule has 31 heavy (non-hydrogen) atoms. The number of likely N-dealkylation sites (N-methyl/N-ethyl adjacent to an activating group) is 1. The molecule has 0 radical (unpaired) electrons. The van der Waals surface area contributed by atoms with E-state index in [9.17, 15) is 0 Å². The van der Waals surface area contributed by atoms with E-state index in [1.807, 2.05) is 25.0 Å². The average Bonchev–Trinajstić information content (AvgIpc) is 3.10. The first kappa shape index (κ1) is 25.4. The van der Waals surface area contributed by atoms with Gasteiger partial charge in [-0.2, -0.15) is 5.10 Å². The molecule has 0 aromatic carbocycles. The third-order valence-corrected chi connectivity index (χ3v) is 5.55. The second kappa shape index (κ2) is 11.7. The first-order valence-corrected chi connectivity index (χ1v) is 10.7. The van der Waals surface area contributed by atoms with Gasteiger partial charge in [-0.05, 0) is 24.6 Å². The number of nitrogens with one attached hydrogen (secondary N) is 1. The molecule has 1 N–H and O–H groups in total. The summed E-state index contributed by atoms with van der Waals surface area (Å²) in [5.74, 6) is 2.32. The van der Waals surface area contributed by atoms with E-state index in [0.29, 0.717) is 12.5 Å². The van der Waals surface area contributed by atoms with E-state index in [1.54, 1.807) is 0 Å². The molecule has 1 aliphatic heterocycles. The second-order valence-corrected chi connectivity index (χ2v) is 8.44. The lowest BCUT2D eigenvalue weighted by molar-refractivity contribution is 0.312. The minimum absolute atomic E-state index is 0. The van der Waals surface area contributed by atoms with Gasteiger partial charge in [0.25, 0.3) is 0 Å². The normalized spacial score (nSPS) is 15.2. The van der Waals surface area contributed by atoms with Crippen molar-refractivity contribution in [3.63, 3.8) is 0 Å². The minimum Gasteiger partial charge on any atom is -0.354 e. The number of hydrogen-bond donors (Lipinski definition) is 1. The molecule has 1 saturated heterocycles. The van der Waals surface area contributed by atoms with Crippen LogP contribution in [0.1, 0.15) is 36.6 Å². The van der Waals surface area contributed by atoms with Gasteiger partial charge in [-0.25, -0.2) is 4.98 Å². The maximum Gasteiger partial charge on any atom is 0.193 e. The Morgan fingerprint density at radius 2 is 1.90 bits per heavy atom. The van der Waals surface area contributed by atoms with Crippen LogP contribution in [0.4, 0.5) is 5.82 Å². The number of nitrogens with zero attached hydrogens (tertiary/aromatic N) is 7. The van der Waals surface area contributed by atoms with Crippen LogP contribution in [0.25, 0.3) is 0 Å². The molecule has 0 amide bonds. The standard InChI is InChI=1S/C22H36N8.HI/c1-17(2)21-19(16-29(6)26-21)15-28(5)22(23-3)25-14-18-7-8-20(24-13-18)30-11-9-27(4)10-12-30;/h7-8,13,16-17H,9-12,14-15H2,1-6H3,(H,23,25);1H. The zero-order valence-corrected chi connectivity index (χ0v) is 22.0. The first-order valence-electron chi connectivity index (χ1n) is 10.7. The molecule has 0 atom stereocenters. The molecule has 1 fully saturated rings. The van der Waals surface area contributed by atoms with Gasteiger partial charge in [-0.3, -0.25) is 9.67 Å². The molecular weight excluding hydrogens is 503 g/mol. The molecule has 2 aromatic heterocycles. The summed E-state index contributed by atoms with van der Waals surface area (Å²) in [6, 6.07) is 4.28. The number of hydrogen-bond acceptors (Lipinski definition) is 5. The summed E-state index contributed by atoms with van der Waals surface area (Å²) in [5.41, 5.74) is 3.52. The minimum atomic E-state index is 0. The number of halogens is 1. The lowest BCUT2D eigenvalue weighted by atomic mass is 10.1. The zero-order chi connectivity index (χ0) is 21.7. The maximum absolute atomic E-state index is 4.68. The number of aromatic nitrogens is 3. The molecule has 0 bridgehead atoms. The molecule has 9 heteroatoms. The summed E-state index contributed by atoms with van der Waals surface area (Å²) >= 11 is 0. The fraction of sp³-hybridized carbons (Fsp3) is 0.591. The van der Waals surface area contributed by atoms with Crippen molar-refractivity contribution in [3.05, 3.63) is 41.3 Å². The van der Waals surface area contributed by atoms with Crippen molar-refractivity contribution < 1.29 is 0 Å². The number of aryl methyl sites for hydroxylation is 1. The molecule has 2 aromatic rings. The van der Waals surface area contributed by atoms with Gasteiger partial charge in [-0.15, -0.1) is 24.0 Å². The van der Waals surface area contributed by atoms with Gasteiger partial charge >= 0.3 is 0 Å². The summed E-state index contributed by atoms with van der Waals surface area (Å²) in [4.78, 5) is 16.0. The second-order valence-electron chi connectivity index (χ2n) is 8.44. The van der Waals surface area contributed by atoms with Gasteiger partial charge in [0, 0.05) is 78.4 Å². The van der Waals surface area contributed by atoms with Crippen molar-refractivity contribution in [2.75, 3.05) is 52.2 Å². The molecule has 1 aliphatic rings. The van der Waals surface area contributed by atoms with Crippen molar-refractivity contribution in [3.8, 4) is 0 Å². The Morgan fingerprint density at radius 3 is 2.48 bits per heavy atom. The Kier molecular flexibility index (Phi) is 9.54. The highest BCUT2D eigenvalue weighted by atomic mass is 127. The summed E-state index contributed by atoms with van der Waals surface area (Å²) in [6.07, 6.45) is 4.06. The molecule has 8 nitrogen and oxygen atoms in total. The van der Waals surface area contributed by atoms with Crippen LogP contribution < -0.4 is 10.2 Å². The molecule has 172 valence electrons. The van der Waals surface area contributed by atoms with Crippen LogP contribution in [-0.2, 0) is 20.1 Å². The molecule has 3 rings (SSSR count). The van der Waals surface area contributed by atoms with E-state index in [0.717, 1.165) is 55.8 Å². The average molecular weight is 540 g/mol. The van der Waals surface area contributed by atoms with Crippen LogP contribution in [0.3, 0.4) is 0 Å². The third kappa shape index (κ3) is 6.80. The van der Waals surface area contributed by atoms with Crippen molar-refractivity contribution in [2.45, 2.75) is 32.9 Å². The Morgan fingerprint density at radius 1 is 1.19 bits per heavy atom. The van der Waals surface area contributed by atoms with Gasteiger partial charge in [0.15, 0.2) is 5.96 Å². The quantitative estimate of drug-likeness (QED) is 0.345. The van der Waals surface area contributed by atoms with E-state index < -0.39 is 0 Å². The summed E-state index contributed by atoms with van der Waals surface area (Å²) in [7, 11) is 8.02. The maximum atomic E-state index is 4.68. The highest BCUT2D eigenvalue weighted by molar-refractivity contribution is 14.0. The molecule has 0 spiro atoms. The number of piperazine rings is 1. The SMILES string of the molecule is CN=C(NCc1ccc(N2CCN(C)CC2)nc1)N(C)Cc1cn(C)nc1C(C)C.I. The van der Waals surface area contributed by atoms with E-state index in [4.69, 9.17) is 0 Å². The van der Waals surface area contributed by atoms with Gasteiger partial charge in [-0.1, -0.05) is 19.9 Å². The number of pyridine rings is 1. The monoisotopic (exact) mass is 540 g/mol. The van der Waals surface area contributed by atoms with Crippen LogP contribution in [0.5, 0.6) is 0 Å². The lowest BCUT2D eigenvalue weighted by Crippen LogP contribution is -2.44. The summed E-state index contributed by atoms with van der Waals surface area (Å²) < 4.78 is 1.89. The van der Waals surface area contributed by atoms with Crippen LogP contribution >= 0.6 is 24.0 Å². The predicted octanol–water partition coefficient (Wildman–Crippen LogP) is 2.52. The van der Waals surface area contributed by atoms with Crippen LogP contribution in [0.2, 0.25) is 0 Å². The fourth-order valence-electron chi connectivity index (χ4n) is 3.80. The van der Waals surface area contributed by atoms with Crippen molar-refractivity contribution >= 4 is 35.8 Å². The van der Waals surface area contributed by atoms with Gasteiger partial charge < -0.3 is 20.0 Å². The Hall–Kier alpha value is -1.88. The number of anilines is 1. The van der Waals surface area contributed by atoms with E-state index >= 15 is 0 Å².